The van der Waals surface area contributed by atoms with Crippen molar-refractivity contribution in [2.75, 3.05) is 43.5 Å². The minimum absolute atomic E-state index is 0.123. The summed E-state index contributed by atoms with van der Waals surface area (Å²) in [4.78, 5) is 22.0. The van der Waals surface area contributed by atoms with E-state index in [1.54, 1.807) is 7.11 Å². The molecule has 0 atom stereocenters. The summed E-state index contributed by atoms with van der Waals surface area (Å²) in [6.07, 6.45) is 2.89. The molecule has 2 aromatic heterocycles. The first-order valence-electron chi connectivity index (χ1n) is 10.6. The number of para-hydroxylation sites is 2. The van der Waals surface area contributed by atoms with Crippen LogP contribution in [0, 0.1) is 0 Å². The summed E-state index contributed by atoms with van der Waals surface area (Å²) in [5.74, 6) is 1.56. The molecule has 0 spiro atoms. The number of hydrogen-bond donors (Lipinski definition) is 1. The van der Waals surface area contributed by atoms with Gasteiger partial charge in [-0.2, -0.15) is 0 Å². The van der Waals surface area contributed by atoms with Crippen LogP contribution < -0.4 is 15.0 Å². The Hall–Kier alpha value is -3.45. The molecule has 4 aromatic rings. The first kappa shape index (κ1) is 20.5. The van der Waals surface area contributed by atoms with Crippen LogP contribution in [-0.2, 0) is 0 Å². The lowest BCUT2D eigenvalue weighted by Crippen LogP contribution is -2.38. The lowest BCUT2D eigenvalue weighted by Gasteiger charge is -2.24. The van der Waals surface area contributed by atoms with Gasteiger partial charge in [0.05, 0.1) is 29.3 Å². The van der Waals surface area contributed by atoms with Crippen LogP contribution in [0.3, 0.4) is 0 Å². The van der Waals surface area contributed by atoms with Crippen LogP contribution in [0.2, 0.25) is 5.02 Å². The van der Waals surface area contributed by atoms with E-state index in [0.29, 0.717) is 36.1 Å². The molecule has 32 heavy (non-hydrogen) atoms. The largest absolute Gasteiger partial charge is 0.495 e. The lowest BCUT2D eigenvalue weighted by molar-refractivity contribution is 0.215. The van der Waals surface area contributed by atoms with Crippen molar-refractivity contribution < 1.29 is 9.53 Å². The Labute approximate surface area is 191 Å². The first-order chi connectivity index (χ1) is 15.6. The highest BCUT2D eigenvalue weighted by Crippen LogP contribution is 2.28. The van der Waals surface area contributed by atoms with Crippen molar-refractivity contribution in [2.24, 2.45) is 0 Å². The summed E-state index contributed by atoms with van der Waals surface area (Å²) in [6.45, 7) is 2.79. The number of nitrogens with one attached hydrogen (secondary N) is 1. The smallest absolute Gasteiger partial charge is 0.322 e. The van der Waals surface area contributed by atoms with Gasteiger partial charge in [0.1, 0.15) is 5.75 Å². The van der Waals surface area contributed by atoms with Gasteiger partial charge in [-0.1, -0.05) is 23.7 Å². The molecule has 1 aliphatic rings. The highest BCUT2D eigenvalue weighted by Gasteiger charge is 2.22. The third-order valence-electron chi connectivity index (χ3n) is 5.83. The molecule has 1 saturated heterocycles. The number of urea groups is 1. The first-order valence-corrected chi connectivity index (χ1v) is 11.0. The van der Waals surface area contributed by atoms with Crippen LogP contribution in [0.4, 0.5) is 16.3 Å². The quantitative estimate of drug-likeness (QED) is 0.483. The van der Waals surface area contributed by atoms with Gasteiger partial charge in [0.2, 0.25) is 0 Å². The number of carbonyl (C=O) groups excluding carboxylic acids is 1. The Morgan fingerprint density at radius 1 is 1.03 bits per heavy atom. The predicted octanol–water partition coefficient (Wildman–Crippen LogP) is 4.89. The summed E-state index contributed by atoms with van der Waals surface area (Å²) in [5.41, 5.74) is 3.59. The number of fused-ring (bicyclic) bond motifs is 3. The molecule has 2 aromatic carbocycles. The van der Waals surface area contributed by atoms with Crippen molar-refractivity contribution in [1.29, 1.82) is 0 Å². The molecule has 5 rings (SSSR count). The fourth-order valence-electron chi connectivity index (χ4n) is 4.24. The number of nitrogens with zero attached hydrogens (tertiary/aromatic N) is 4. The predicted molar refractivity (Wildman–Crippen MR) is 128 cm³/mol. The maximum absolute atomic E-state index is 12.9. The number of methoxy groups -OCH3 is 1. The summed E-state index contributed by atoms with van der Waals surface area (Å²) < 4.78 is 7.49. The monoisotopic (exact) mass is 449 g/mol. The van der Waals surface area contributed by atoms with Gasteiger partial charge >= 0.3 is 6.03 Å². The van der Waals surface area contributed by atoms with Gasteiger partial charge in [0.15, 0.2) is 5.82 Å². The van der Waals surface area contributed by atoms with Crippen molar-refractivity contribution in [3.05, 3.63) is 65.8 Å². The highest BCUT2D eigenvalue weighted by molar-refractivity contribution is 6.31. The van der Waals surface area contributed by atoms with Gasteiger partial charge in [0, 0.05) is 37.4 Å². The second-order valence-corrected chi connectivity index (χ2v) is 8.23. The van der Waals surface area contributed by atoms with Gasteiger partial charge in [-0.3, -0.25) is 0 Å². The fraction of sp³-hybridized carbons (Fsp3) is 0.250. The zero-order valence-corrected chi connectivity index (χ0v) is 18.5. The van der Waals surface area contributed by atoms with Crippen LogP contribution in [0.1, 0.15) is 6.42 Å². The van der Waals surface area contributed by atoms with E-state index in [1.807, 2.05) is 59.6 Å². The molecule has 0 unspecified atom stereocenters. The molecule has 0 bridgehead atoms. The van der Waals surface area contributed by atoms with Gasteiger partial charge < -0.3 is 24.3 Å². The standard InChI is InChI=1S/C24H24ClN5O2/c1-32-22-8-3-2-6-18(22)27-24(31)29-12-5-11-28(14-15-29)23-21-7-4-13-30(21)20-10-9-17(25)16-19(20)26-23/h2-4,6-10,13,16H,5,11-12,14-15H2,1H3,(H,27,31). The Bertz CT molecular complexity index is 1290. The summed E-state index contributed by atoms with van der Waals surface area (Å²) in [7, 11) is 1.60. The Kier molecular flexibility index (Phi) is 5.49. The SMILES string of the molecule is COc1ccccc1NC(=O)N1CCCN(c2nc3cc(Cl)ccc3n3cccc23)CC1. The second-order valence-electron chi connectivity index (χ2n) is 7.79. The summed E-state index contributed by atoms with van der Waals surface area (Å²) >= 11 is 6.23. The van der Waals surface area contributed by atoms with Gasteiger partial charge in [-0.25, -0.2) is 9.78 Å². The van der Waals surface area contributed by atoms with Crippen LogP contribution in [0.15, 0.2) is 60.8 Å². The minimum Gasteiger partial charge on any atom is -0.495 e. The lowest BCUT2D eigenvalue weighted by atomic mass is 10.2. The molecular weight excluding hydrogens is 426 g/mol. The number of rotatable bonds is 3. The van der Waals surface area contributed by atoms with E-state index in [4.69, 9.17) is 21.3 Å². The van der Waals surface area contributed by atoms with E-state index in [0.717, 1.165) is 35.3 Å². The molecule has 3 heterocycles. The number of carbonyl (C=O) groups is 1. The highest BCUT2D eigenvalue weighted by atomic mass is 35.5. The van der Waals surface area contributed by atoms with Crippen molar-refractivity contribution in [3.8, 4) is 5.75 Å². The number of ether oxygens (including phenoxy) is 1. The van der Waals surface area contributed by atoms with E-state index in [9.17, 15) is 4.79 Å². The normalized spacial score (nSPS) is 14.6. The Morgan fingerprint density at radius 3 is 2.78 bits per heavy atom. The molecule has 1 fully saturated rings. The van der Waals surface area contributed by atoms with Crippen molar-refractivity contribution in [3.63, 3.8) is 0 Å². The number of benzene rings is 2. The number of anilines is 2. The van der Waals surface area contributed by atoms with Crippen molar-refractivity contribution in [2.45, 2.75) is 6.42 Å². The zero-order chi connectivity index (χ0) is 22.1. The molecule has 0 radical (unpaired) electrons. The number of aromatic nitrogens is 2. The summed E-state index contributed by atoms with van der Waals surface area (Å²) in [6, 6.07) is 17.2. The van der Waals surface area contributed by atoms with Gasteiger partial charge in [-0.05, 0) is 48.9 Å². The van der Waals surface area contributed by atoms with E-state index >= 15 is 0 Å². The van der Waals surface area contributed by atoms with E-state index < -0.39 is 0 Å². The molecule has 7 nitrogen and oxygen atoms in total. The Morgan fingerprint density at radius 2 is 1.91 bits per heavy atom. The average Bonchev–Trinajstić information content (AvgIpc) is 3.16. The van der Waals surface area contributed by atoms with E-state index in [-0.39, 0.29) is 6.03 Å². The maximum atomic E-state index is 12.9. The van der Waals surface area contributed by atoms with E-state index in [2.05, 4.69) is 20.7 Å². The number of amides is 2. The molecule has 0 aliphatic carbocycles. The molecule has 8 heteroatoms. The third-order valence-corrected chi connectivity index (χ3v) is 6.07. The Balaban J connectivity index is 1.38. The van der Waals surface area contributed by atoms with Crippen LogP contribution >= 0.6 is 11.6 Å². The fourth-order valence-corrected chi connectivity index (χ4v) is 4.41. The summed E-state index contributed by atoms with van der Waals surface area (Å²) in [5, 5.41) is 3.64. The van der Waals surface area contributed by atoms with Crippen molar-refractivity contribution >= 4 is 45.7 Å². The maximum Gasteiger partial charge on any atom is 0.322 e. The molecule has 1 N–H and O–H groups in total. The van der Waals surface area contributed by atoms with Crippen LogP contribution in [0.25, 0.3) is 16.6 Å². The molecule has 2 amide bonds. The number of hydrogen-bond acceptors (Lipinski definition) is 4. The third kappa shape index (κ3) is 3.80. The van der Waals surface area contributed by atoms with Crippen LogP contribution in [-0.4, -0.2) is 53.6 Å². The molecule has 0 saturated carbocycles. The van der Waals surface area contributed by atoms with E-state index in [1.165, 1.54) is 0 Å². The molecule has 164 valence electrons. The van der Waals surface area contributed by atoms with Gasteiger partial charge in [-0.15, -0.1) is 0 Å². The average molecular weight is 450 g/mol. The zero-order valence-electron chi connectivity index (χ0n) is 17.8. The van der Waals surface area contributed by atoms with Gasteiger partial charge in [0.25, 0.3) is 0 Å². The van der Waals surface area contributed by atoms with Crippen LogP contribution in [0.5, 0.6) is 5.75 Å². The minimum atomic E-state index is -0.123. The molecule has 1 aliphatic heterocycles. The molecular formula is C24H24ClN5O2. The second kappa shape index (κ2) is 8.59. The van der Waals surface area contributed by atoms with Crippen molar-refractivity contribution in [1.82, 2.24) is 14.3 Å². The topological polar surface area (TPSA) is 62.1 Å². The number of halogens is 1.